The van der Waals surface area contributed by atoms with Crippen LogP contribution in [0.4, 0.5) is 4.39 Å². The summed E-state index contributed by atoms with van der Waals surface area (Å²) >= 11 is 0. The molecule has 1 heterocycles. The fourth-order valence-electron chi connectivity index (χ4n) is 2.82. The minimum Gasteiger partial charge on any atom is -0.493 e. The summed E-state index contributed by atoms with van der Waals surface area (Å²) < 4.78 is 19.1. The van der Waals surface area contributed by atoms with Crippen LogP contribution in [0.5, 0.6) is 5.75 Å². The molecule has 0 bridgehead atoms. The number of hydrogen-bond acceptors (Lipinski definition) is 3. The first-order chi connectivity index (χ1) is 9.58. The van der Waals surface area contributed by atoms with Crippen LogP contribution in [0.3, 0.4) is 0 Å². The summed E-state index contributed by atoms with van der Waals surface area (Å²) in [7, 11) is 2.17. The van der Waals surface area contributed by atoms with Gasteiger partial charge in [0.25, 0.3) is 0 Å². The molecule has 0 radical (unpaired) electrons. The van der Waals surface area contributed by atoms with Crippen molar-refractivity contribution >= 4 is 0 Å². The lowest BCUT2D eigenvalue weighted by Gasteiger charge is -2.32. The Morgan fingerprint density at radius 3 is 2.95 bits per heavy atom. The maximum absolute atomic E-state index is 13.3. The zero-order chi connectivity index (χ0) is 14.5. The number of piperidine rings is 1. The fourth-order valence-corrected chi connectivity index (χ4v) is 2.82. The van der Waals surface area contributed by atoms with Gasteiger partial charge < -0.3 is 15.4 Å². The largest absolute Gasteiger partial charge is 0.493 e. The molecule has 112 valence electrons. The summed E-state index contributed by atoms with van der Waals surface area (Å²) in [6.45, 7) is 3.66. The highest BCUT2D eigenvalue weighted by atomic mass is 19.1. The van der Waals surface area contributed by atoms with E-state index in [2.05, 4.69) is 11.9 Å². The van der Waals surface area contributed by atoms with Crippen LogP contribution in [0, 0.1) is 5.82 Å². The van der Waals surface area contributed by atoms with Gasteiger partial charge in [0, 0.05) is 23.7 Å². The molecule has 20 heavy (non-hydrogen) atoms. The van der Waals surface area contributed by atoms with Crippen LogP contribution in [-0.2, 0) is 0 Å². The standard InChI is InChI=1S/C16H25FN2O/c1-12(18)15-7-6-13(17)11-16(15)20-10-8-14-5-3-4-9-19(14)2/h6-7,11-12,14H,3-5,8-10,18H2,1-2H3/t12-,14?/m0/s1. The Labute approximate surface area is 120 Å². The molecule has 1 saturated heterocycles. The monoisotopic (exact) mass is 280 g/mol. The number of nitrogens with two attached hydrogens (primary N) is 1. The first kappa shape index (κ1) is 15.3. The molecular formula is C16H25FN2O. The van der Waals surface area contributed by atoms with Crippen molar-refractivity contribution in [2.75, 3.05) is 20.2 Å². The van der Waals surface area contributed by atoms with E-state index in [0.29, 0.717) is 18.4 Å². The first-order valence-electron chi connectivity index (χ1n) is 7.46. The lowest BCUT2D eigenvalue weighted by molar-refractivity contribution is 0.152. The van der Waals surface area contributed by atoms with Gasteiger partial charge in [0.2, 0.25) is 0 Å². The van der Waals surface area contributed by atoms with Crippen molar-refractivity contribution in [1.29, 1.82) is 0 Å². The minimum atomic E-state index is -0.279. The average Bonchev–Trinajstić information content (AvgIpc) is 2.41. The van der Waals surface area contributed by atoms with E-state index in [1.54, 1.807) is 6.07 Å². The molecule has 0 amide bonds. The van der Waals surface area contributed by atoms with Crippen LogP contribution in [0.15, 0.2) is 18.2 Å². The van der Waals surface area contributed by atoms with Crippen LogP contribution in [0.2, 0.25) is 0 Å². The topological polar surface area (TPSA) is 38.5 Å². The number of nitrogens with zero attached hydrogens (tertiary/aromatic N) is 1. The SMILES string of the molecule is C[C@H](N)c1ccc(F)cc1OCCC1CCCCN1C. The highest BCUT2D eigenvalue weighted by molar-refractivity contribution is 5.36. The molecule has 2 N–H and O–H groups in total. The van der Waals surface area contributed by atoms with E-state index >= 15 is 0 Å². The first-order valence-corrected chi connectivity index (χ1v) is 7.46. The van der Waals surface area contributed by atoms with Gasteiger partial charge in [-0.1, -0.05) is 12.5 Å². The molecule has 0 aliphatic carbocycles. The predicted molar refractivity (Wildman–Crippen MR) is 79.4 cm³/mol. The van der Waals surface area contributed by atoms with E-state index in [-0.39, 0.29) is 11.9 Å². The number of benzene rings is 1. The second-order valence-corrected chi connectivity index (χ2v) is 5.74. The molecular weight excluding hydrogens is 255 g/mol. The zero-order valence-corrected chi connectivity index (χ0v) is 12.4. The van der Waals surface area contributed by atoms with E-state index in [0.717, 1.165) is 18.5 Å². The molecule has 1 aromatic rings. The van der Waals surface area contributed by atoms with Gasteiger partial charge in [0.1, 0.15) is 11.6 Å². The average molecular weight is 280 g/mol. The maximum Gasteiger partial charge on any atom is 0.126 e. The van der Waals surface area contributed by atoms with E-state index in [4.69, 9.17) is 10.5 Å². The molecule has 1 aromatic carbocycles. The normalized spacial score (nSPS) is 21.7. The summed E-state index contributed by atoms with van der Waals surface area (Å²) in [5.41, 5.74) is 6.75. The van der Waals surface area contributed by atoms with E-state index in [9.17, 15) is 4.39 Å². The van der Waals surface area contributed by atoms with Gasteiger partial charge in [-0.25, -0.2) is 4.39 Å². The maximum atomic E-state index is 13.3. The van der Waals surface area contributed by atoms with E-state index in [1.165, 1.54) is 31.4 Å². The van der Waals surface area contributed by atoms with Crippen molar-refractivity contribution in [3.05, 3.63) is 29.6 Å². The smallest absolute Gasteiger partial charge is 0.126 e. The lowest BCUT2D eigenvalue weighted by atomic mass is 10.0. The van der Waals surface area contributed by atoms with E-state index < -0.39 is 0 Å². The Bertz CT molecular complexity index is 436. The second kappa shape index (κ2) is 7.04. The molecule has 1 aliphatic rings. The molecule has 2 rings (SSSR count). The van der Waals surface area contributed by atoms with Gasteiger partial charge in [0.15, 0.2) is 0 Å². The molecule has 0 aromatic heterocycles. The number of likely N-dealkylation sites (tertiary alicyclic amines) is 1. The van der Waals surface area contributed by atoms with Crippen LogP contribution in [-0.4, -0.2) is 31.1 Å². The third-order valence-corrected chi connectivity index (χ3v) is 4.10. The molecule has 0 spiro atoms. The Kier molecular flexibility index (Phi) is 5.38. The number of rotatable bonds is 5. The molecule has 1 aliphatic heterocycles. The summed E-state index contributed by atoms with van der Waals surface area (Å²) in [6.07, 6.45) is 4.78. The molecule has 2 atom stereocenters. The van der Waals surface area contributed by atoms with Gasteiger partial charge in [-0.2, -0.15) is 0 Å². The molecule has 1 unspecified atom stereocenters. The summed E-state index contributed by atoms with van der Waals surface area (Å²) in [5, 5.41) is 0. The highest BCUT2D eigenvalue weighted by Gasteiger charge is 2.19. The zero-order valence-electron chi connectivity index (χ0n) is 12.4. The van der Waals surface area contributed by atoms with Gasteiger partial charge in [-0.3, -0.25) is 0 Å². The summed E-state index contributed by atoms with van der Waals surface area (Å²) in [6, 6.07) is 5.00. The summed E-state index contributed by atoms with van der Waals surface area (Å²) in [5.74, 6) is 0.303. The van der Waals surface area contributed by atoms with Gasteiger partial charge in [0.05, 0.1) is 6.61 Å². The van der Waals surface area contributed by atoms with Crippen molar-refractivity contribution in [3.63, 3.8) is 0 Å². The van der Waals surface area contributed by atoms with Crippen LogP contribution in [0.1, 0.15) is 44.2 Å². The Hall–Kier alpha value is -1.13. The Morgan fingerprint density at radius 1 is 1.45 bits per heavy atom. The number of halogens is 1. The predicted octanol–water partition coefficient (Wildman–Crippen LogP) is 3.10. The van der Waals surface area contributed by atoms with Crippen molar-refractivity contribution in [3.8, 4) is 5.75 Å². The van der Waals surface area contributed by atoms with Gasteiger partial charge in [-0.05, 0) is 45.8 Å². The minimum absolute atomic E-state index is 0.150. The van der Waals surface area contributed by atoms with Crippen LogP contribution < -0.4 is 10.5 Å². The van der Waals surface area contributed by atoms with Crippen molar-refractivity contribution in [2.45, 2.75) is 44.7 Å². The van der Waals surface area contributed by atoms with Gasteiger partial charge in [-0.15, -0.1) is 0 Å². The van der Waals surface area contributed by atoms with Crippen molar-refractivity contribution in [2.24, 2.45) is 5.73 Å². The third kappa shape index (κ3) is 3.93. The second-order valence-electron chi connectivity index (χ2n) is 5.74. The highest BCUT2D eigenvalue weighted by Crippen LogP contribution is 2.25. The quantitative estimate of drug-likeness (QED) is 0.900. The van der Waals surface area contributed by atoms with Crippen molar-refractivity contribution in [1.82, 2.24) is 4.90 Å². The lowest BCUT2D eigenvalue weighted by Crippen LogP contribution is -2.37. The fraction of sp³-hybridized carbons (Fsp3) is 0.625. The molecule has 1 fully saturated rings. The number of hydrogen-bond donors (Lipinski definition) is 1. The summed E-state index contributed by atoms with van der Waals surface area (Å²) in [4.78, 5) is 2.39. The van der Waals surface area contributed by atoms with Crippen LogP contribution in [0.25, 0.3) is 0 Å². The molecule has 4 heteroatoms. The molecule has 3 nitrogen and oxygen atoms in total. The Morgan fingerprint density at radius 2 is 2.25 bits per heavy atom. The molecule has 0 saturated carbocycles. The third-order valence-electron chi connectivity index (χ3n) is 4.10. The van der Waals surface area contributed by atoms with E-state index in [1.807, 2.05) is 6.92 Å². The van der Waals surface area contributed by atoms with Crippen molar-refractivity contribution < 1.29 is 9.13 Å². The number of ether oxygens (including phenoxy) is 1. The van der Waals surface area contributed by atoms with Crippen LogP contribution >= 0.6 is 0 Å². The van der Waals surface area contributed by atoms with Gasteiger partial charge >= 0.3 is 0 Å². The Balaban J connectivity index is 1.91.